The molecule has 2 aromatic rings. The van der Waals surface area contributed by atoms with Crippen molar-refractivity contribution in [3.05, 3.63) is 47.3 Å². The van der Waals surface area contributed by atoms with Crippen LogP contribution in [0.1, 0.15) is 47.4 Å². The van der Waals surface area contributed by atoms with E-state index in [0.717, 1.165) is 30.8 Å². The van der Waals surface area contributed by atoms with E-state index in [1.54, 1.807) is 4.68 Å². The monoisotopic (exact) mass is 283 g/mol. The van der Waals surface area contributed by atoms with Gasteiger partial charge >= 0.3 is 0 Å². The lowest BCUT2D eigenvalue weighted by Gasteiger charge is -2.23. The third-order valence-corrected chi connectivity index (χ3v) is 4.24. The molecule has 0 saturated carbocycles. The number of amides is 1. The molecule has 1 aliphatic heterocycles. The van der Waals surface area contributed by atoms with Crippen LogP contribution in [0.3, 0.4) is 0 Å². The molecule has 110 valence electrons. The number of aromatic nitrogens is 2. The summed E-state index contributed by atoms with van der Waals surface area (Å²) in [6.07, 6.45) is 2.14. The Balaban J connectivity index is 2.04. The van der Waals surface area contributed by atoms with Gasteiger partial charge in [0.05, 0.1) is 5.69 Å². The molecule has 2 heterocycles. The topological polar surface area (TPSA) is 38.1 Å². The molecule has 3 rings (SSSR count). The van der Waals surface area contributed by atoms with E-state index in [4.69, 9.17) is 0 Å². The lowest BCUT2D eigenvalue weighted by atomic mass is 9.96. The molecular formula is C17H21N3O. The molecule has 0 bridgehead atoms. The van der Waals surface area contributed by atoms with E-state index in [1.165, 1.54) is 5.56 Å². The maximum absolute atomic E-state index is 12.9. The Kier molecular flexibility index (Phi) is 3.53. The Morgan fingerprint density at radius 2 is 2.10 bits per heavy atom. The number of carbonyl (C=O) groups excluding carboxylic acids is 1. The van der Waals surface area contributed by atoms with E-state index in [0.29, 0.717) is 11.6 Å². The summed E-state index contributed by atoms with van der Waals surface area (Å²) < 4.78 is 1.68. The third kappa shape index (κ3) is 2.46. The quantitative estimate of drug-likeness (QED) is 0.805. The van der Waals surface area contributed by atoms with E-state index in [9.17, 15) is 4.79 Å². The van der Waals surface area contributed by atoms with E-state index < -0.39 is 0 Å². The maximum Gasteiger partial charge on any atom is 0.276 e. The van der Waals surface area contributed by atoms with Crippen LogP contribution in [-0.4, -0.2) is 22.2 Å². The molecule has 0 radical (unpaired) electrons. The summed E-state index contributed by atoms with van der Waals surface area (Å²) in [5.41, 5.74) is 3.84. The van der Waals surface area contributed by atoms with Gasteiger partial charge in [-0.1, -0.05) is 25.1 Å². The number of aryl methyl sites for hydroxylation is 2. The van der Waals surface area contributed by atoms with Gasteiger partial charge in [0.1, 0.15) is 5.69 Å². The highest BCUT2D eigenvalue weighted by molar-refractivity contribution is 6.05. The van der Waals surface area contributed by atoms with Gasteiger partial charge in [-0.25, -0.2) is 0 Å². The van der Waals surface area contributed by atoms with Crippen LogP contribution in [0.2, 0.25) is 0 Å². The number of para-hydroxylation sites is 1. The first-order valence-corrected chi connectivity index (χ1v) is 7.49. The zero-order chi connectivity index (χ0) is 15.0. The van der Waals surface area contributed by atoms with Crippen LogP contribution in [0.15, 0.2) is 30.3 Å². The fraction of sp³-hybridized carbons (Fsp3) is 0.412. The minimum Gasteiger partial charge on any atom is -0.307 e. The minimum atomic E-state index is 0.0413. The molecule has 0 spiro atoms. The number of nitrogens with zero attached hydrogens (tertiary/aromatic N) is 3. The summed E-state index contributed by atoms with van der Waals surface area (Å²) in [6.45, 7) is 4.92. The Labute approximate surface area is 125 Å². The van der Waals surface area contributed by atoms with Gasteiger partial charge in [0.2, 0.25) is 0 Å². The number of anilines is 1. The number of rotatable bonds is 1. The van der Waals surface area contributed by atoms with E-state index in [2.05, 4.69) is 30.2 Å². The molecular weight excluding hydrogens is 262 g/mol. The van der Waals surface area contributed by atoms with Gasteiger partial charge in [-0.05, 0) is 43.4 Å². The minimum absolute atomic E-state index is 0.0413. The summed E-state index contributed by atoms with van der Waals surface area (Å²) in [4.78, 5) is 14.8. The van der Waals surface area contributed by atoms with Crippen molar-refractivity contribution < 1.29 is 4.79 Å². The molecule has 1 atom stereocenters. The van der Waals surface area contributed by atoms with Crippen molar-refractivity contribution in [1.82, 2.24) is 9.78 Å². The third-order valence-electron chi connectivity index (χ3n) is 4.24. The highest BCUT2D eigenvalue weighted by atomic mass is 16.2. The van der Waals surface area contributed by atoms with Gasteiger partial charge in [-0.15, -0.1) is 0 Å². The molecule has 0 N–H and O–H groups in total. The number of carbonyl (C=O) groups is 1. The van der Waals surface area contributed by atoms with Crippen molar-refractivity contribution in [2.24, 2.45) is 7.05 Å². The number of benzene rings is 1. The Morgan fingerprint density at radius 1 is 1.33 bits per heavy atom. The van der Waals surface area contributed by atoms with Gasteiger partial charge in [-0.2, -0.15) is 5.10 Å². The molecule has 0 saturated heterocycles. The highest BCUT2D eigenvalue weighted by Gasteiger charge is 2.26. The molecule has 1 amide bonds. The van der Waals surface area contributed by atoms with Crippen LogP contribution in [0.4, 0.5) is 5.69 Å². The van der Waals surface area contributed by atoms with Gasteiger partial charge in [0.25, 0.3) is 5.91 Å². The van der Waals surface area contributed by atoms with Crippen molar-refractivity contribution >= 4 is 11.6 Å². The molecule has 0 aliphatic carbocycles. The maximum atomic E-state index is 12.9. The Morgan fingerprint density at radius 3 is 2.81 bits per heavy atom. The van der Waals surface area contributed by atoms with Crippen LogP contribution in [-0.2, 0) is 7.05 Å². The lowest BCUT2D eigenvalue weighted by molar-refractivity contribution is 0.0978. The zero-order valence-corrected chi connectivity index (χ0v) is 12.8. The predicted octanol–water partition coefficient (Wildman–Crippen LogP) is 3.27. The van der Waals surface area contributed by atoms with Crippen molar-refractivity contribution in [2.45, 2.75) is 32.6 Å². The van der Waals surface area contributed by atoms with Crippen molar-refractivity contribution in [3.63, 3.8) is 0 Å². The average Bonchev–Trinajstić information content (AvgIpc) is 2.71. The van der Waals surface area contributed by atoms with Crippen LogP contribution < -0.4 is 4.90 Å². The number of hydrogen-bond donors (Lipinski definition) is 0. The Hall–Kier alpha value is -2.10. The number of fused-ring (bicyclic) bond motifs is 1. The summed E-state index contributed by atoms with van der Waals surface area (Å²) in [5, 5.41) is 4.29. The molecule has 1 aliphatic rings. The predicted molar refractivity (Wildman–Crippen MR) is 83.7 cm³/mol. The second-order valence-electron chi connectivity index (χ2n) is 5.85. The number of hydrogen-bond acceptors (Lipinski definition) is 2. The van der Waals surface area contributed by atoms with Crippen LogP contribution in [0.25, 0.3) is 0 Å². The molecule has 4 heteroatoms. The van der Waals surface area contributed by atoms with Crippen LogP contribution in [0.5, 0.6) is 0 Å². The van der Waals surface area contributed by atoms with Gasteiger partial charge in [0.15, 0.2) is 0 Å². The van der Waals surface area contributed by atoms with Crippen molar-refractivity contribution in [2.75, 3.05) is 11.4 Å². The first-order valence-electron chi connectivity index (χ1n) is 7.49. The average molecular weight is 283 g/mol. The Bertz CT molecular complexity index is 674. The van der Waals surface area contributed by atoms with Crippen molar-refractivity contribution in [1.29, 1.82) is 0 Å². The van der Waals surface area contributed by atoms with Crippen molar-refractivity contribution in [3.8, 4) is 0 Å². The van der Waals surface area contributed by atoms with E-state index >= 15 is 0 Å². The second-order valence-corrected chi connectivity index (χ2v) is 5.85. The zero-order valence-electron chi connectivity index (χ0n) is 12.8. The van der Waals surface area contributed by atoms with Gasteiger partial charge < -0.3 is 4.90 Å². The molecule has 1 aromatic carbocycles. The molecule has 1 aromatic heterocycles. The summed E-state index contributed by atoms with van der Waals surface area (Å²) >= 11 is 0. The summed E-state index contributed by atoms with van der Waals surface area (Å²) in [6, 6.07) is 10.1. The van der Waals surface area contributed by atoms with E-state index in [1.807, 2.05) is 31.0 Å². The van der Waals surface area contributed by atoms with E-state index in [-0.39, 0.29) is 5.91 Å². The normalized spacial score (nSPS) is 18.2. The van der Waals surface area contributed by atoms with Gasteiger partial charge in [-0.3, -0.25) is 9.48 Å². The molecule has 4 nitrogen and oxygen atoms in total. The lowest BCUT2D eigenvalue weighted by Crippen LogP contribution is -2.33. The van der Waals surface area contributed by atoms with Crippen LogP contribution in [0, 0.1) is 6.92 Å². The standard InChI is InChI=1S/C17H21N3O/c1-12-7-6-10-20(15-9-5-4-8-14(12)15)17(21)16-11-13(2)18-19(16)3/h4-5,8-9,11-12H,6-7,10H2,1-3H3/t12-/m1/s1. The smallest absolute Gasteiger partial charge is 0.276 e. The molecule has 0 unspecified atom stereocenters. The first-order chi connectivity index (χ1) is 10.1. The largest absolute Gasteiger partial charge is 0.307 e. The molecule has 0 fully saturated rings. The first kappa shape index (κ1) is 13.9. The second kappa shape index (κ2) is 5.35. The highest BCUT2D eigenvalue weighted by Crippen LogP contribution is 2.34. The fourth-order valence-corrected chi connectivity index (χ4v) is 3.14. The fourth-order valence-electron chi connectivity index (χ4n) is 3.14. The molecule has 21 heavy (non-hydrogen) atoms. The summed E-state index contributed by atoms with van der Waals surface area (Å²) in [7, 11) is 1.83. The SMILES string of the molecule is Cc1cc(C(=O)N2CCC[C@@H](C)c3ccccc32)n(C)n1. The van der Waals surface area contributed by atoms with Crippen LogP contribution >= 0.6 is 0 Å². The van der Waals surface area contributed by atoms with Gasteiger partial charge in [0, 0.05) is 19.3 Å². The summed E-state index contributed by atoms with van der Waals surface area (Å²) in [5.74, 6) is 0.534.